The summed E-state index contributed by atoms with van der Waals surface area (Å²) in [6.45, 7) is 3.04. The van der Waals surface area contributed by atoms with Crippen molar-refractivity contribution in [3.8, 4) is 28.7 Å². The highest BCUT2D eigenvalue weighted by Gasteiger charge is 2.34. The van der Waals surface area contributed by atoms with Crippen LogP contribution in [0.3, 0.4) is 0 Å². The number of carbonyl (C=O) groups is 2. The maximum atomic E-state index is 14.3. The van der Waals surface area contributed by atoms with Crippen LogP contribution in [0.2, 0.25) is 0 Å². The highest BCUT2D eigenvalue weighted by Crippen LogP contribution is 2.37. The topological polar surface area (TPSA) is 133 Å². The van der Waals surface area contributed by atoms with Gasteiger partial charge in [0.15, 0.2) is 11.5 Å². The van der Waals surface area contributed by atoms with Gasteiger partial charge in [0.1, 0.15) is 29.8 Å². The van der Waals surface area contributed by atoms with Gasteiger partial charge in [0.2, 0.25) is 11.8 Å². The van der Waals surface area contributed by atoms with Crippen LogP contribution in [-0.4, -0.2) is 79.8 Å². The molecule has 12 nitrogen and oxygen atoms in total. The van der Waals surface area contributed by atoms with E-state index in [9.17, 15) is 18.0 Å². The lowest BCUT2D eigenvalue weighted by molar-refractivity contribution is -0.139. The minimum absolute atomic E-state index is 0.00776. The van der Waals surface area contributed by atoms with Crippen molar-refractivity contribution in [2.75, 3.05) is 52.9 Å². The van der Waals surface area contributed by atoms with Crippen molar-refractivity contribution in [2.45, 2.75) is 31.3 Å². The minimum Gasteiger partial charge on any atom is -0.497 e. The SMILES string of the molecule is CCNC(=O)[C@@H](C)N(Cc1cccc(OC)c1)C(=O)CN(c1cc(OC)ccc1OC)S(=O)(=O)c1ccc(OC)c(OC)c1. The first-order valence-corrected chi connectivity index (χ1v) is 15.1. The van der Waals surface area contributed by atoms with Crippen LogP contribution in [0.15, 0.2) is 65.6 Å². The molecule has 0 unspecified atom stereocenters. The van der Waals surface area contributed by atoms with Crippen molar-refractivity contribution in [1.29, 1.82) is 0 Å². The van der Waals surface area contributed by atoms with Crippen LogP contribution in [0.1, 0.15) is 19.4 Å². The molecule has 3 aromatic carbocycles. The van der Waals surface area contributed by atoms with Crippen LogP contribution in [0.5, 0.6) is 28.7 Å². The van der Waals surface area contributed by atoms with Gasteiger partial charge in [-0.05, 0) is 55.8 Å². The molecule has 2 amide bonds. The Bertz CT molecular complexity index is 1560. The van der Waals surface area contributed by atoms with Gasteiger partial charge in [-0.3, -0.25) is 13.9 Å². The van der Waals surface area contributed by atoms with E-state index in [1.54, 1.807) is 50.2 Å². The zero-order valence-electron chi connectivity index (χ0n) is 25.9. The smallest absolute Gasteiger partial charge is 0.265 e. The average Bonchev–Trinajstić information content (AvgIpc) is 3.04. The lowest BCUT2D eigenvalue weighted by Crippen LogP contribution is -2.51. The Hall–Kier alpha value is -4.65. The summed E-state index contributed by atoms with van der Waals surface area (Å²) in [6.07, 6.45) is 0. The predicted molar refractivity (Wildman–Crippen MR) is 165 cm³/mol. The number of hydrogen-bond donors (Lipinski definition) is 1. The number of likely N-dealkylation sites (N-methyl/N-ethyl adjacent to an activating group) is 1. The molecule has 3 aromatic rings. The van der Waals surface area contributed by atoms with Crippen molar-refractivity contribution < 1.29 is 41.7 Å². The molecule has 0 aliphatic carbocycles. The molecule has 0 fully saturated rings. The molecule has 0 aliphatic rings. The summed E-state index contributed by atoms with van der Waals surface area (Å²) in [4.78, 5) is 28.3. The second-order valence-electron chi connectivity index (χ2n) is 9.51. The number of benzene rings is 3. The van der Waals surface area contributed by atoms with Crippen LogP contribution < -0.4 is 33.3 Å². The van der Waals surface area contributed by atoms with Crippen molar-refractivity contribution in [3.63, 3.8) is 0 Å². The zero-order chi connectivity index (χ0) is 32.4. The molecule has 13 heteroatoms. The molecule has 0 aliphatic heterocycles. The summed E-state index contributed by atoms with van der Waals surface area (Å²) in [7, 11) is 2.73. The van der Waals surface area contributed by atoms with E-state index >= 15 is 0 Å². The molecular weight excluding hydrogens is 590 g/mol. The van der Waals surface area contributed by atoms with Gasteiger partial charge in [-0.25, -0.2) is 8.42 Å². The highest BCUT2D eigenvalue weighted by atomic mass is 32.2. The maximum Gasteiger partial charge on any atom is 0.265 e. The van der Waals surface area contributed by atoms with E-state index < -0.39 is 34.4 Å². The number of sulfonamides is 1. The Morgan fingerprint density at radius 3 is 2.05 bits per heavy atom. The number of hydrogen-bond acceptors (Lipinski definition) is 9. The molecular formula is C31H39N3O9S. The van der Waals surface area contributed by atoms with E-state index in [-0.39, 0.29) is 28.6 Å². The average molecular weight is 630 g/mol. The van der Waals surface area contributed by atoms with Crippen LogP contribution in [-0.2, 0) is 26.2 Å². The molecule has 0 saturated carbocycles. The lowest BCUT2D eigenvalue weighted by atomic mass is 10.1. The summed E-state index contributed by atoms with van der Waals surface area (Å²) < 4.78 is 56.4. The third kappa shape index (κ3) is 7.64. The molecule has 1 atom stereocenters. The largest absolute Gasteiger partial charge is 0.497 e. The number of rotatable bonds is 15. The molecule has 0 radical (unpaired) electrons. The van der Waals surface area contributed by atoms with Gasteiger partial charge in [0.05, 0.1) is 46.1 Å². The van der Waals surface area contributed by atoms with Crippen molar-refractivity contribution in [3.05, 3.63) is 66.2 Å². The van der Waals surface area contributed by atoms with Crippen LogP contribution >= 0.6 is 0 Å². The van der Waals surface area contributed by atoms with Crippen molar-refractivity contribution >= 4 is 27.5 Å². The van der Waals surface area contributed by atoms with Crippen LogP contribution in [0, 0.1) is 0 Å². The first kappa shape index (κ1) is 33.8. The second-order valence-corrected chi connectivity index (χ2v) is 11.4. The molecule has 0 spiro atoms. The second kappa shape index (κ2) is 15.2. The highest BCUT2D eigenvalue weighted by molar-refractivity contribution is 7.92. The van der Waals surface area contributed by atoms with E-state index in [0.717, 1.165) is 4.31 Å². The summed E-state index contributed by atoms with van der Waals surface area (Å²) >= 11 is 0. The summed E-state index contributed by atoms with van der Waals surface area (Å²) in [5.41, 5.74) is 0.740. The summed E-state index contributed by atoms with van der Waals surface area (Å²) in [6, 6.07) is 14.9. The Morgan fingerprint density at radius 1 is 0.795 bits per heavy atom. The lowest BCUT2D eigenvalue weighted by Gasteiger charge is -2.32. The van der Waals surface area contributed by atoms with E-state index in [1.165, 1.54) is 64.7 Å². The number of anilines is 1. The minimum atomic E-state index is -4.44. The number of nitrogens with one attached hydrogen (secondary N) is 1. The van der Waals surface area contributed by atoms with Crippen molar-refractivity contribution in [2.24, 2.45) is 0 Å². The molecule has 0 heterocycles. The number of carbonyl (C=O) groups excluding carboxylic acids is 2. The normalized spacial score (nSPS) is 11.6. The van der Waals surface area contributed by atoms with Gasteiger partial charge in [-0.2, -0.15) is 0 Å². The van der Waals surface area contributed by atoms with Gasteiger partial charge in [-0.1, -0.05) is 12.1 Å². The molecule has 0 saturated heterocycles. The molecule has 1 N–H and O–H groups in total. The molecule has 0 bridgehead atoms. The Balaban J connectivity index is 2.17. The maximum absolute atomic E-state index is 14.3. The quantitative estimate of drug-likeness (QED) is 0.268. The Labute approximate surface area is 258 Å². The van der Waals surface area contributed by atoms with E-state index in [2.05, 4.69) is 5.32 Å². The Kier molecular flexibility index (Phi) is 11.7. The first-order valence-electron chi connectivity index (χ1n) is 13.7. The van der Waals surface area contributed by atoms with Gasteiger partial charge in [-0.15, -0.1) is 0 Å². The van der Waals surface area contributed by atoms with E-state index in [0.29, 0.717) is 29.4 Å². The fraction of sp³-hybridized carbons (Fsp3) is 0.355. The number of ether oxygens (including phenoxy) is 5. The molecule has 44 heavy (non-hydrogen) atoms. The predicted octanol–water partition coefficient (Wildman–Crippen LogP) is 3.48. The fourth-order valence-electron chi connectivity index (χ4n) is 4.48. The third-order valence-electron chi connectivity index (χ3n) is 6.88. The number of nitrogens with zero attached hydrogens (tertiary/aromatic N) is 2. The van der Waals surface area contributed by atoms with Gasteiger partial charge in [0, 0.05) is 25.2 Å². The number of methoxy groups -OCH3 is 5. The fourth-order valence-corrected chi connectivity index (χ4v) is 5.91. The Morgan fingerprint density at radius 2 is 1.43 bits per heavy atom. The standard InChI is InChI=1S/C31H39N3O9S/c1-8-32-31(36)21(2)33(19-22-10-9-11-23(16-22)39-3)30(35)20-34(26-17-24(40-4)12-14-27(26)41-5)44(37,38)25-13-15-28(42-6)29(18-25)43-7/h9-18,21H,8,19-20H2,1-7H3,(H,32,36)/t21-/m1/s1. The molecule has 238 valence electrons. The van der Waals surface area contributed by atoms with Crippen LogP contribution in [0.4, 0.5) is 5.69 Å². The van der Waals surface area contributed by atoms with E-state index in [1.807, 2.05) is 0 Å². The zero-order valence-corrected chi connectivity index (χ0v) is 26.8. The van der Waals surface area contributed by atoms with Gasteiger partial charge in [0.25, 0.3) is 10.0 Å². The van der Waals surface area contributed by atoms with Crippen LogP contribution in [0.25, 0.3) is 0 Å². The number of amides is 2. The third-order valence-corrected chi connectivity index (χ3v) is 8.64. The summed E-state index contributed by atoms with van der Waals surface area (Å²) in [5, 5.41) is 2.74. The van der Waals surface area contributed by atoms with Gasteiger partial charge < -0.3 is 33.9 Å². The monoisotopic (exact) mass is 629 g/mol. The molecule has 0 aromatic heterocycles. The van der Waals surface area contributed by atoms with Gasteiger partial charge >= 0.3 is 0 Å². The van der Waals surface area contributed by atoms with E-state index in [4.69, 9.17) is 23.7 Å². The van der Waals surface area contributed by atoms with Crippen molar-refractivity contribution in [1.82, 2.24) is 10.2 Å². The molecule has 3 rings (SSSR count). The first-order chi connectivity index (χ1) is 21.0. The summed E-state index contributed by atoms with van der Waals surface area (Å²) in [5.74, 6) is 0.565.